The predicted octanol–water partition coefficient (Wildman–Crippen LogP) is 1.70. The van der Waals surface area contributed by atoms with E-state index in [-0.39, 0.29) is 31.1 Å². The van der Waals surface area contributed by atoms with E-state index in [0.717, 1.165) is 24.0 Å². The van der Waals surface area contributed by atoms with Crippen molar-refractivity contribution in [1.82, 2.24) is 10.6 Å². The average molecular weight is 444 g/mol. The summed E-state index contributed by atoms with van der Waals surface area (Å²) < 4.78 is 11.3. The van der Waals surface area contributed by atoms with Crippen LogP contribution in [0, 0.1) is 12.8 Å². The highest BCUT2D eigenvalue weighted by atomic mass is 16.5. The molecule has 9 nitrogen and oxygen atoms in total. The number of carbonyl (C=O) groups excluding carboxylic acids is 2. The Morgan fingerprint density at radius 1 is 1.19 bits per heavy atom. The summed E-state index contributed by atoms with van der Waals surface area (Å²) in [7, 11) is 0. The lowest BCUT2D eigenvalue weighted by atomic mass is 10.0. The van der Waals surface area contributed by atoms with Gasteiger partial charge >= 0.3 is 11.6 Å². The monoisotopic (exact) mass is 444 g/mol. The zero-order valence-corrected chi connectivity index (χ0v) is 18.4. The van der Waals surface area contributed by atoms with Crippen LogP contribution < -0.4 is 21.0 Å². The number of benzene rings is 1. The number of hydrogen-bond acceptors (Lipinski definition) is 6. The summed E-state index contributed by atoms with van der Waals surface area (Å²) in [4.78, 5) is 47.8. The van der Waals surface area contributed by atoms with Crippen LogP contribution in [-0.4, -0.2) is 42.1 Å². The molecule has 1 aliphatic rings. The summed E-state index contributed by atoms with van der Waals surface area (Å²) in [5.41, 5.74) is 2.50. The van der Waals surface area contributed by atoms with Crippen LogP contribution in [0.5, 0.6) is 5.75 Å². The van der Waals surface area contributed by atoms with Gasteiger partial charge in [-0.1, -0.05) is 13.8 Å². The lowest BCUT2D eigenvalue weighted by Crippen LogP contribution is -2.51. The summed E-state index contributed by atoms with van der Waals surface area (Å²) in [5.74, 6) is -1.70. The molecule has 0 saturated heterocycles. The lowest BCUT2D eigenvalue weighted by molar-refractivity contribution is -0.137. The molecule has 0 aliphatic heterocycles. The number of carboxylic acids is 1. The van der Waals surface area contributed by atoms with Gasteiger partial charge in [-0.25, -0.2) is 4.79 Å². The van der Waals surface area contributed by atoms with Crippen LogP contribution in [-0.2, 0) is 27.2 Å². The summed E-state index contributed by atoms with van der Waals surface area (Å²) in [5, 5.41) is 14.6. The number of rotatable bonds is 9. The zero-order chi connectivity index (χ0) is 23.4. The van der Waals surface area contributed by atoms with E-state index >= 15 is 0 Å². The molecule has 3 rings (SSSR count). The molecular formula is C23H28N2O7. The van der Waals surface area contributed by atoms with Gasteiger partial charge < -0.3 is 24.9 Å². The third-order valence-corrected chi connectivity index (χ3v) is 5.44. The van der Waals surface area contributed by atoms with E-state index in [1.54, 1.807) is 26.0 Å². The molecule has 0 fully saturated rings. The molecule has 1 aromatic heterocycles. The molecule has 1 aliphatic carbocycles. The highest BCUT2D eigenvalue weighted by Crippen LogP contribution is 2.35. The number of carbonyl (C=O) groups is 3. The minimum atomic E-state index is -1.02. The Morgan fingerprint density at radius 2 is 1.91 bits per heavy atom. The molecule has 0 radical (unpaired) electrons. The van der Waals surface area contributed by atoms with Crippen LogP contribution in [0.4, 0.5) is 0 Å². The Hall–Kier alpha value is -3.36. The molecule has 1 heterocycles. The van der Waals surface area contributed by atoms with E-state index in [1.807, 2.05) is 6.92 Å². The largest absolute Gasteiger partial charge is 0.483 e. The van der Waals surface area contributed by atoms with Crippen molar-refractivity contribution in [3.8, 4) is 5.75 Å². The fraction of sp³-hybridized carbons (Fsp3) is 0.478. The lowest BCUT2D eigenvalue weighted by Gasteiger charge is -2.22. The maximum atomic E-state index is 12.5. The first-order valence-electron chi connectivity index (χ1n) is 10.7. The van der Waals surface area contributed by atoms with Gasteiger partial charge in [0.05, 0.1) is 11.8 Å². The summed E-state index contributed by atoms with van der Waals surface area (Å²) in [6.07, 6.45) is 2.07. The van der Waals surface area contributed by atoms with E-state index in [0.29, 0.717) is 28.7 Å². The fourth-order valence-corrected chi connectivity index (χ4v) is 3.92. The van der Waals surface area contributed by atoms with Crippen molar-refractivity contribution in [2.24, 2.45) is 5.92 Å². The zero-order valence-electron chi connectivity index (χ0n) is 18.4. The Bertz CT molecular complexity index is 1100. The predicted molar refractivity (Wildman–Crippen MR) is 117 cm³/mol. The maximum absolute atomic E-state index is 12.5. The van der Waals surface area contributed by atoms with Crippen molar-refractivity contribution in [2.45, 2.75) is 52.5 Å². The van der Waals surface area contributed by atoms with Gasteiger partial charge in [0, 0.05) is 12.1 Å². The molecule has 2 aromatic rings. The normalized spacial score (nSPS) is 13.6. The molecule has 1 aromatic carbocycles. The van der Waals surface area contributed by atoms with E-state index in [2.05, 4.69) is 10.6 Å². The van der Waals surface area contributed by atoms with Crippen LogP contribution in [0.15, 0.2) is 21.3 Å². The van der Waals surface area contributed by atoms with Gasteiger partial charge in [-0.2, -0.15) is 0 Å². The molecule has 0 bridgehead atoms. The number of carboxylic acid groups (broad SMARTS) is 1. The van der Waals surface area contributed by atoms with E-state index < -0.39 is 23.8 Å². The van der Waals surface area contributed by atoms with Gasteiger partial charge in [-0.05, 0) is 55.4 Å². The molecule has 32 heavy (non-hydrogen) atoms. The second-order valence-corrected chi connectivity index (χ2v) is 8.35. The van der Waals surface area contributed by atoms with Gasteiger partial charge in [0.2, 0.25) is 5.91 Å². The number of aryl methyl sites for hydroxylation is 2. The van der Waals surface area contributed by atoms with Gasteiger partial charge in [0.25, 0.3) is 5.91 Å². The molecule has 3 N–H and O–H groups in total. The minimum absolute atomic E-state index is 0.0185. The third kappa shape index (κ3) is 5.27. The van der Waals surface area contributed by atoms with Crippen LogP contribution in [0.1, 0.15) is 43.4 Å². The van der Waals surface area contributed by atoms with Crippen LogP contribution in [0.25, 0.3) is 11.0 Å². The van der Waals surface area contributed by atoms with Crippen molar-refractivity contribution in [3.05, 3.63) is 39.2 Å². The van der Waals surface area contributed by atoms with Gasteiger partial charge in [0.1, 0.15) is 17.4 Å². The molecule has 2 amide bonds. The van der Waals surface area contributed by atoms with Crippen LogP contribution in [0.3, 0.4) is 0 Å². The molecule has 172 valence electrons. The van der Waals surface area contributed by atoms with E-state index in [9.17, 15) is 19.2 Å². The van der Waals surface area contributed by atoms with Crippen molar-refractivity contribution < 1.29 is 28.6 Å². The Balaban J connectivity index is 1.73. The van der Waals surface area contributed by atoms with Crippen LogP contribution in [0.2, 0.25) is 0 Å². The first-order chi connectivity index (χ1) is 15.2. The Morgan fingerprint density at radius 3 is 2.59 bits per heavy atom. The smallest absolute Gasteiger partial charge is 0.339 e. The minimum Gasteiger partial charge on any atom is -0.483 e. The fourth-order valence-electron chi connectivity index (χ4n) is 3.92. The summed E-state index contributed by atoms with van der Waals surface area (Å²) in [6, 6.07) is 2.75. The van der Waals surface area contributed by atoms with Crippen molar-refractivity contribution in [1.29, 1.82) is 0 Å². The molecule has 0 spiro atoms. The number of fused-ring (bicyclic) bond motifs is 3. The first-order valence-corrected chi connectivity index (χ1v) is 10.7. The number of hydrogen-bond donors (Lipinski definition) is 3. The van der Waals surface area contributed by atoms with E-state index in [1.165, 1.54) is 0 Å². The number of ether oxygens (including phenoxy) is 1. The number of aliphatic carboxylic acids is 1. The average Bonchev–Trinajstić information content (AvgIpc) is 3.19. The van der Waals surface area contributed by atoms with E-state index in [4.69, 9.17) is 14.3 Å². The summed E-state index contributed by atoms with van der Waals surface area (Å²) >= 11 is 0. The van der Waals surface area contributed by atoms with Gasteiger partial charge in [0.15, 0.2) is 6.61 Å². The molecule has 0 unspecified atom stereocenters. The summed E-state index contributed by atoms with van der Waals surface area (Å²) in [6.45, 7) is 5.06. The van der Waals surface area contributed by atoms with Crippen LogP contribution >= 0.6 is 0 Å². The van der Waals surface area contributed by atoms with Crippen molar-refractivity contribution >= 4 is 28.8 Å². The highest BCUT2D eigenvalue weighted by Gasteiger charge is 2.25. The molecule has 1 atom stereocenters. The highest BCUT2D eigenvalue weighted by molar-refractivity contribution is 5.90. The first kappa shape index (κ1) is 23.3. The quantitative estimate of drug-likeness (QED) is 0.501. The standard InChI is InChI=1S/C23H28N2O7/c1-12(2)21(22(29)24-8-7-19(27)28)25-18(26)11-31-16-9-13(3)10-17-20(16)14-5-4-6-15(14)23(30)32-17/h9-10,12,21H,4-8,11H2,1-3H3,(H,24,29)(H,25,26)(H,27,28)/t21-/m0/s1. The van der Waals surface area contributed by atoms with Crippen molar-refractivity contribution in [2.75, 3.05) is 13.2 Å². The topological polar surface area (TPSA) is 135 Å². The maximum Gasteiger partial charge on any atom is 0.339 e. The molecule has 0 saturated carbocycles. The Labute approximate surface area is 185 Å². The van der Waals surface area contributed by atoms with Gasteiger partial charge in [-0.15, -0.1) is 0 Å². The molecule has 9 heteroatoms. The third-order valence-electron chi connectivity index (χ3n) is 5.44. The second kappa shape index (κ2) is 9.84. The Kier molecular flexibility index (Phi) is 7.17. The SMILES string of the molecule is Cc1cc(OCC(=O)N[C@H](C(=O)NCCC(=O)O)C(C)C)c2c3c(c(=O)oc2c1)CCC3. The molecular weight excluding hydrogens is 416 g/mol. The van der Waals surface area contributed by atoms with Crippen molar-refractivity contribution in [3.63, 3.8) is 0 Å². The number of amides is 2. The number of nitrogens with one attached hydrogen (secondary N) is 2. The van der Waals surface area contributed by atoms with Gasteiger partial charge in [-0.3, -0.25) is 14.4 Å². The second-order valence-electron chi connectivity index (χ2n) is 8.35.